The largest absolute Gasteiger partial charge is 0.254 e. The molecule has 4 heteroatoms. The molecule has 11 heavy (non-hydrogen) atoms. The van der Waals surface area contributed by atoms with E-state index >= 15 is 0 Å². The first-order chi connectivity index (χ1) is 5.27. The van der Waals surface area contributed by atoms with Gasteiger partial charge in [-0.3, -0.25) is 4.68 Å². The molecule has 0 radical (unpaired) electrons. The SMILES string of the molecule is CCC(C#N)n1ccc(Br)n1. The van der Waals surface area contributed by atoms with Crippen LogP contribution in [-0.2, 0) is 0 Å². The van der Waals surface area contributed by atoms with Crippen LogP contribution in [-0.4, -0.2) is 9.78 Å². The van der Waals surface area contributed by atoms with Gasteiger partial charge in [-0.15, -0.1) is 0 Å². The molecule has 0 aliphatic rings. The van der Waals surface area contributed by atoms with Gasteiger partial charge in [-0.25, -0.2) is 0 Å². The van der Waals surface area contributed by atoms with Gasteiger partial charge in [0.1, 0.15) is 10.6 Å². The molecule has 1 heterocycles. The summed E-state index contributed by atoms with van der Waals surface area (Å²) in [6.07, 6.45) is 2.58. The Morgan fingerprint density at radius 3 is 3.00 bits per heavy atom. The third kappa shape index (κ3) is 1.81. The van der Waals surface area contributed by atoms with Gasteiger partial charge in [-0.1, -0.05) is 6.92 Å². The Kier molecular flexibility index (Phi) is 2.66. The fourth-order valence-corrected chi connectivity index (χ4v) is 1.13. The molecule has 1 aromatic rings. The maximum absolute atomic E-state index is 8.66. The lowest BCUT2D eigenvalue weighted by atomic mass is 10.3. The summed E-state index contributed by atoms with van der Waals surface area (Å²) in [5.74, 6) is 0. The minimum absolute atomic E-state index is 0.138. The number of nitriles is 1. The van der Waals surface area contributed by atoms with Crippen LogP contribution in [0, 0.1) is 11.3 Å². The average molecular weight is 214 g/mol. The van der Waals surface area contributed by atoms with Crippen molar-refractivity contribution in [3.63, 3.8) is 0 Å². The van der Waals surface area contributed by atoms with Crippen LogP contribution in [0.4, 0.5) is 0 Å². The summed E-state index contributed by atoms with van der Waals surface area (Å²) in [6.45, 7) is 1.96. The fraction of sp³-hybridized carbons (Fsp3) is 0.429. The number of aromatic nitrogens is 2. The van der Waals surface area contributed by atoms with E-state index in [0.717, 1.165) is 11.0 Å². The molecular formula is C7H8BrN3. The highest BCUT2D eigenvalue weighted by molar-refractivity contribution is 9.10. The van der Waals surface area contributed by atoms with Gasteiger partial charge in [0.15, 0.2) is 0 Å². The third-order valence-electron chi connectivity index (χ3n) is 1.43. The minimum atomic E-state index is -0.138. The predicted molar refractivity (Wildman–Crippen MR) is 44.9 cm³/mol. The lowest BCUT2D eigenvalue weighted by Gasteiger charge is -2.04. The molecule has 0 bridgehead atoms. The number of rotatable bonds is 2. The maximum atomic E-state index is 8.66. The zero-order chi connectivity index (χ0) is 8.27. The summed E-state index contributed by atoms with van der Waals surface area (Å²) in [4.78, 5) is 0. The van der Waals surface area contributed by atoms with E-state index in [2.05, 4.69) is 27.1 Å². The Bertz CT molecular complexity index is 273. The number of hydrogen-bond acceptors (Lipinski definition) is 2. The molecular weight excluding hydrogens is 206 g/mol. The lowest BCUT2D eigenvalue weighted by Crippen LogP contribution is -2.05. The molecule has 0 aliphatic carbocycles. The van der Waals surface area contributed by atoms with Gasteiger partial charge < -0.3 is 0 Å². The monoisotopic (exact) mass is 213 g/mol. The first-order valence-electron chi connectivity index (χ1n) is 3.38. The first kappa shape index (κ1) is 8.28. The van der Waals surface area contributed by atoms with Crippen molar-refractivity contribution in [1.82, 2.24) is 9.78 Å². The van der Waals surface area contributed by atoms with Gasteiger partial charge in [0, 0.05) is 6.20 Å². The van der Waals surface area contributed by atoms with Gasteiger partial charge in [-0.05, 0) is 28.4 Å². The zero-order valence-electron chi connectivity index (χ0n) is 6.16. The molecule has 0 saturated heterocycles. The molecule has 1 aromatic heterocycles. The summed E-state index contributed by atoms with van der Waals surface area (Å²) in [5, 5.41) is 12.7. The number of halogens is 1. The zero-order valence-corrected chi connectivity index (χ0v) is 7.74. The topological polar surface area (TPSA) is 41.6 Å². The second-order valence-electron chi connectivity index (χ2n) is 2.17. The highest BCUT2D eigenvalue weighted by Gasteiger charge is 2.06. The van der Waals surface area contributed by atoms with E-state index in [1.807, 2.05) is 13.0 Å². The maximum Gasteiger partial charge on any atom is 0.138 e. The van der Waals surface area contributed by atoms with Gasteiger partial charge in [0.25, 0.3) is 0 Å². The molecule has 1 atom stereocenters. The van der Waals surface area contributed by atoms with Crippen LogP contribution >= 0.6 is 15.9 Å². The summed E-state index contributed by atoms with van der Waals surface area (Å²) in [6, 6.07) is 3.84. The predicted octanol–water partition coefficient (Wildman–Crippen LogP) is 2.12. The van der Waals surface area contributed by atoms with Crippen molar-refractivity contribution in [2.45, 2.75) is 19.4 Å². The van der Waals surface area contributed by atoms with Crippen LogP contribution in [0.2, 0.25) is 0 Å². The Labute approximate surface area is 73.8 Å². The fourth-order valence-electron chi connectivity index (χ4n) is 0.826. The third-order valence-corrected chi connectivity index (χ3v) is 1.85. The number of nitrogens with zero attached hydrogens (tertiary/aromatic N) is 3. The quantitative estimate of drug-likeness (QED) is 0.756. The van der Waals surface area contributed by atoms with Gasteiger partial charge in [0.05, 0.1) is 6.07 Å². The van der Waals surface area contributed by atoms with Crippen molar-refractivity contribution in [1.29, 1.82) is 5.26 Å². The van der Waals surface area contributed by atoms with Crippen molar-refractivity contribution in [3.8, 4) is 6.07 Å². The Balaban J connectivity index is 2.84. The molecule has 0 N–H and O–H groups in total. The van der Waals surface area contributed by atoms with Crippen LogP contribution in [0.5, 0.6) is 0 Å². The highest BCUT2D eigenvalue weighted by Crippen LogP contribution is 2.11. The molecule has 0 amide bonds. The van der Waals surface area contributed by atoms with E-state index in [9.17, 15) is 0 Å². The van der Waals surface area contributed by atoms with Crippen molar-refractivity contribution in [2.24, 2.45) is 0 Å². The minimum Gasteiger partial charge on any atom is -0.254 e. The van der Waals surface area contributed by atoms with Gasteiger partial charge in [-0.2, -0.15) is 10.4 Å². The van der Waals surface area contributed by atoms with Crippen LogP contribution in [0.1, 0.15) is 19.4 Å². The number of hydrogen-bond donors (Lipinski definition) is 0. The van der Waals surface area contributed by atoms with E-state index < -0.39 is 0 Å². The van der Waals surface area contributed by atoms with E-state index in [0.29, 0.717) is 0 Å². The molecule has 3 nitrogen and oxygen atoms in total. The lowest BCUT2D eigenvalue weighted by molar-refractivity contribution is 0.532. The van der Waals surface area contributed by atoms with Crippen LogP contribution in [0.15, 0.2) is 16.9 Å². The van der Waals surface area contributed by atoms with E-state index in [1.165, 1.54) is 0 Å². The van der Waals surface area contributed by atoms with E-state index in [-0.39, 0.29) is 6.04 Å². The van der Waals surface area contributed by atoms with Crippen molar-refractivity contribution < 1.29 is 0 Å². The summed E-state index contributed by atoms with van der Waals surface area (Å²) < 4.78 is 2.43. The van der Waals surface area contributed by atoms with E-state index in [4.69, 9.17) is 5.26 Å². The summed E-state index contributed by atoms with van der Waals surface area (Å²) in [5.41, 5.74) is 0. The molecule has 0 aromatic carbocycles. The van der Waals surface area contributed by atoms with Crippen LogP contribution < -0.4 is 0 Å². The molecule has 0 fully saturated rings. The van der Waals surface area contributed by atoms with Crippen molar-refractivity contribution in [3.05, 3.63) is 16.9 Å². The van der Waals surface area contributed by atoms with Gasteiger partial charge in [0.2, 0.25) is 0 Å². The van der Waals surface area contributed by atoms with E-state index in [1.54, 1.807) is 10.9 Å². The summed E-state index contributed by atoms with van der Waals surface area (Å²) >= 11 is 3.22. The molecule has 0 aliphatic heterocycles. The van der Waals surface area contributed by atoms with Gasteiger partial charge >= 0.3 is 0 Å². The Hall–Kier alpha value is -0.820. The second-order valence-corrected chi connectivity index (χ2v) is 2.98. The highest BCUT2D eigenvalue weighted by atomic mass is 79.9. The smallest absolute Gasteiger partial charge is 0.138 e. The Morgan fingerprint density at radius 2 is 2.64 bits per heavy atom. The van der Waals surface area contributed by atoms with Crippen molar-refractivity contribution >= 4 is 15.9 Å². The van der Waals surface area contributed by atoms with Crippen LogP contribution in [0.3, 0.4) is 0 Å². The molecule has 1 rings (SSSR count). The van der Waals surface area contributed by atoms with Crippen LogP contribution in [0.25, 0.3) is 0 Å². The molecule has 1 unspecified atom stereocenters. The standard InChI is InChI=1S/C7H8BrN3/c1-2-6(5-9)11-4-3-7(8)10-11/h3-4,6H,2H2,1H3. The first-order valence-corrected chi connectivity index (χ1v) is 4.17. The average Bonchev–Trinajstić information content (AvgIpc) is 2.39. The molecule has 58 valence electrons. The van der Waals surface area contributed by atoms with Crippen molar-refractivity contribution in [2.75, 3.05) is 0 Å². The normalized spacial score (nSPS) is 12.5. The summed E-state index contributed by atoms with van der Waals surface area (Å²) in [7, 11) is 0. The molecule has 0 spiro atoms. The molecule has 0 saturated carbocycles. The second kappa shape index (κ2) is 3.54. The Morgan fingerprint density at radius 1 is 1.91 bits per heavy atom.